The van der Waals surface area contributed by atoms with Gasteiger partial charge in [0, 0.05) is 6.07 Å². The Kier molecular flexibility index (Phi) is 3.41. The van der Waals surface area contributed by atoms with Crippen LogP contribution in [0.15, 0.2) is 28.7 Å². The summed E-state index contributed by atoms with van der Waals surface area (Å²) in [5.74, 6) is 2.61. The fourth-order valence-electron chi connectivity index (χ4n) is 3.08. The topological polar surface area (TPSA) is 20.5 Å². The highest BCUT2D eigenvalue weighted by atomic mass is 16.5. The molecule has 2 heteroatoms. The first-order chi connectivity index (χ1) is 9.28. The molecule has 0 unspecified atom stereocenters. The molecule has 1 aromatic heterocycles. The Morgan fingerprint density at radius 3 is 2.63 bits per heavy atom. The molecule has 0 atom stereocenters. The number of aryl methyl sites for hydroxylation is 1. The molecular formula is C17H21O2+. The summed E-state index contributed by atoms with van der Waals surface area (Å²) in [5.41, 5.74) is 2.24. The van der Waals surface area contributed by atoms with Crippen LogP contribution in [0.3, 0.4) is 0 Å². The summed E-state index contributed by atoms with van der Waals surface area (Å²) in [6.07, 6.45) is 6.55. The normalized spacial score (nSPS) is 16.7. The summed E-state index contributed by atoms with van der Waals surface area (Å²) in [6, 6.07) is 8.29. The number of fused-ring (bicyclic) bond motifs is 1. The molecule has 2 aromatic rings. The first-order valence-corrected chi connectivity index (χ1v) is 7.19. The molecular weight excluding hydrogens is 236 g/mol. The van der Waals surface area contributed by atoms with Crippen molar-refractivity contribution in [3.63, 3.8) is 0 Å². The molecule has 0 bridgehead atoms. The van der Waals surface area contributed by atoms with Crippen molar-refractivity contribution in [1.82, 2.24) is 0 Å². The van der Waals surface area contributed by atoms with Crippen molar-refractivity contribution in [3.05, 3.63) is 35.6 Å². The molecule has 100 valence electrons. The van der Waals surface area contributed by atoms with Gasteiger partial charge in [0.1, 0.15) is 5.75 Å². The van der Waals surface area contributed by atoms with Crippen LogP contribution in [0.4, 0.5) is 0 Å². The van der Waals surface area contributed by atoms with Gasteiger partial charge in [-0.05, 0) is 37.5 Å². The molecule has 0 N–H and O–H groups in total. The maximum Gasteiger partial charge on any atom is 0.364 e. The summed E-state index contributed by atoms with van der Waals surface area (Å²) in [5, 5.41) is 1.18. The zero-order valence-corrected chi connectivity index (χ0v) is 11.7. The lowest BCUT2D eigenvalue weighted by Gasteiger charge is -2.16. The standard InChI is InChI=1S/C17H21O2/c1-12-10-16(13-6-4-3-5-7-13)19-17-11-14(18-2)8-9-15(12)17/h8-11,13H,3-7H2,1-2H3/q+1. The smallest absolute Gasteiger partial charge is 0.364 e. The number of hydrogen-bond donors (Lipinski definition) is 0. The van der Waals surface area contributed by atoms with Gasteiger partial charge >= 0.3 is 11.3 Å². The Morgan fingerprint density at radius 1 is 1.11 bits per heavy atom. The lowest BCUT2D eigenvalue weighted by Crippen LogP contribution is -2.04. The van der Waals surface area contributed by atoms with E-state index in [1.54, 1.807) is 7.11 Å². The monoisotopic (exact) mass is 257 g/mol. The maximum atomic E-state index is 6.14. The highest BCUT2D eigenvalue weighted by Gasteiger charge is 2.26. The minimum absolute atomic E-state index is 0.600. The summed E-state index contributed by atoms with van der Waals surface area (Å²) < 4.78 is 11.4. The SMILES string of the molecule is COc1ccc2c(C)cc(C3CCCCC3)[o+]c2c1. The Balaban J connectivity index is 2.05. The third-order valence-corrected chi connectivity index (χ3v) is 4.21. The average Bonchev–Trinajstić information content (AvgIpc) is 2.47. The van der Waals surface area contributed by atoms with Gasteiger partial charge in [-0.25, -0.2) is 4.42 Å². The van der Waals surface area contributed by atoms with E-state index in [2.05, 4.69) is 19.1 Å². The lowest BCUT2D eigenvalue weighted by atomic mass is 9.87. The van der Waals surface area contributed by atoms with Gasteiger partial charge in [-0.3, -0.25) is 0 Å². The first kappa shape index (κ1) is 12.5. The van der Waals surface area contributed by atoms with E-state index in [4.69, 9.17) is 9.15 Å². The molecule has 1 aliphatic carbocycles. The second-order valence-corrected chi connectivity index (χ2v) is 5.53. The van der Waals surface area contributed by atoms with E-state index < -0.39 is 0 Å². The van der Waals surface area contributed by atoms with Crippen LogP contribution in [0.2, 0.25) is 0 Å². The van der Waals surface area contributed by atoms with Crippen LogP contribution in [-0.4, -0.2) is 7.11 Å². The van der Waals surface area contributed by atoms with Gasteiger partial charge in [0.25, 0.3) is 0 Å². The van der Waals surface area contributed by atoms with E-state index in [-0.39, 0.29) is 0 Å². The van der Waals surface area contributed by atoms with E-state index in [1.807, 2.05) is 12.1 Å². The van der Waals surface area contributed by atoms with Crippen molar-refractivity contribution >= 4 is 11.0 Å². The van der Waals surface area contributed by atoms with E-state index >= 15 is 0 Å². The Labute approximate surface area is 114 Å². The molecule has 0 spiro atoms. The summed E-state index contributed by atoms with van der Waals surface area (Å²) >= 11 is 0. The highest BCUT2D eigenvalue weighted by molar-refractivity contribution is 5.81. The Hall–Kier alpha value is -1.57. The predicted molar refractivity (Wildman–Crippen MR) is 77.7 cm³/mol. The van der Waals surface area contributed by atoms with Gasteiger partial charge in [-0.2, -0.15) is 0 Å². The van der Waals surface area contributed by atoms with Crippen LogP contribution < -0.4 is 4.74 Å². The van der Waals surface area contributed by atoms with E-state index in [0.29, 0.717) is 5.92 Å². The summed E-state index contributed by atoms with van der Waals surface area (Å²) in [4.78, 5) is 0. The number of benzene rings is 1. The number of rotatable bonds is 2. The second-order valence-electron chi connectivity index (χ2n) is 5.53. The summed E-state index contributed by atoms with van der Waals surface area (Å²) in [7, 11) is 1.69. The number of hydrogen-bond acceptors (Lipinski definition) is 1. The zero-order chi connectivity index (χ0) is 13.2. The fraction of sp³-hybridized carbons (Fsp3) is 0.471. The largest absolute Gasteiger partial charge is 0.496 e. The number of methoxy groups -OCH3 is 1. The summed E-state index contributed by atoms with van der Waals surface area (Å²) in [6.45, 7) is 2.16. The molecule has 3 rings (SSSR count). The van der Waals surface area contributed by atoms with Crippen LogP contribution in [-0.2, 0) is 0 Å². The zero-order valence-electron chi connectivity index (χ0n) is 11.7. The second kappa shape index (κ2) is 5.20. The lowest BCUT2D eigenvalue weighted by molar-refractivity contribution is 0.379. The minimum atomic E-state index is 0.600. The van der Waals surface area contributed by atoms with Crippen molar-refractivity contribution in [2.75, 3.05) is 7.11 Å². The molecule has 1 aromatic carbocycles. The molecule has 1 heterocycles. The van der Waals surface area contributed by atoms with Crippen LogP contribution in [0, 0.1) is 6.92 Å². The fourth-order valence-corrected chi connectivity index (χ4v) is 3.08. The van der Waals surface area contributed by atoms with Crippen LogP contribution >= 0.6 is 0 Å². The predicted octanol–water partition coefficient (Wildman–Crippen LogP) is 5.08. The van der Waals surface area contributed by atoms with Gasteiger partial charge in [-0.1, -0.05) is 19.3 Å². The maximum absolute atomic E-state index is 6.14. The van der Waals surface area contributed by atoms with Crippen LogP contribution in [0.25, 0.3) is 11.0 Å². The van der Waals surface area contributed by atoms with Gasteiger partial charge < -0.3 is 4.74 Å². The Bertz CT molecular complexity index is 583. The highest BCUT2D eigenvalue weighted by Crippen LogP contribution is 2.35. The average molecular weight is 257 g/mol. The van der Waals surface area contributed by atoms with Gasteiger partial charge in [0.05, 0.1) is 24.5 Å². The minimum Gasteiger partial charge on any atom is -0.496 e. The van der Waals surface area contributed by atoms with Crippen LogP contribution in [0.1, 0.15) is 49.3 Å². The van der Waals surface area contributed by atoms with E-state index in [0.717, 1.165) is 17.1 Å². The van der Waals surface area contributed by atoms with Crippen molar-refractivity contribution in [3.8, 4) is 5.75 Å². The molecule has 1 aliphatic rings. The third-order valence-electron chi connectivity index (χ3n) is 4.21. The third kappa shape index (κ3) is 2.44. The molecule has 0 amide bonds. The quantitative estimate of drug-likeness (QED) is 0.699. The van der Waals surface area contributed by atoms with Crippen molar-refractivity contribution in [2.45, 2.75) is 44.9 Å². The Morgan fingerprint density at radius 2 is 1.89 bits per heavy atom. The molecule has 2 nitrogen and oxygen atoms in total. The van der Waals surface area contributed by atoms with Gasteiger partial charge in [0.2, 0.25) is 0 Å². The van der Waals surface area contributed by atoms with E-state index in [9.17, 15) is 0 Å². The van der Waals surface area contributed by atoms with Crippen molar-refractivity contribution < 1.29 is 9.15 Å². The molecule has 0 saturated heterocycles. The van der Waals surface area contributed by atoms with Crippen molar-refractivity contribution in [2.24, 2.45) is 0 Å². The van der Waals surface area contributed by atoms with E-state index in [1.165, 1.54) is 43.1 Å². The van der Waals surface area contributed by atoms with Gasteiger partial charge in [-0.15, -0.1) is 0 Å². The van der Waals surface area contributed by atoms with Crippen LogP contribution in [0.5, 0.6) is 5.75 Å². The molecule has 0 radical (unpaired) electrons. The first-order valence-electron chi connectivity index (χ1n) is 7.19. The molecule has 0 aliphatic heterocycles. The van der Waals surface area contributed by atoms with Gasteiger partial charge in [0.15, 0.2) is 0 Å². The molecule has 1 saturated carbocycles. The number of ether oxygens (including phenoxy) is 1. The molecule has 19 heavy (non-hydrogen) atoms. The molecule has 1 fully saturated rings. The van der Waals surface area contributed by atoms with Crippen molar-refractivity contribution in [1.29, 1.82) is 0 Å².